The number of nitrogens with one attached hydrogen (secondary N) is 6. The number of benzene rings is 4. The molecule has 2 saturated carbocycles. The van der Waals surface area contributed by atoms with Gasteiger partial charge in [0.1, 0.15) is 23.7 Å². The molecule has 4 aromatic carbocycles. The van der Waals surface area contributed by atoms with E-state index in [1.807, 2.05) is 12.1 Å². The van der Waals surface area contributed by atoms with Gasteiger partial charge in [-0.3, -0.25) is 9.80 Å². The number of ether oxygens (including phenoxy) is 6. The number of rotatable bonds is 33. The minimum atomic E-state index is -3.79. The predicted molar refractivity (Wildman–Crippen MR) is 329 cm³/mol. The van der Waals surface area contributed by atoms with Crippen molar-refractivity contribution in [1.82, 2.24) is 40.5 Å². The topological polar surface area (TPSA) is 236 Å². The highest BCUT2D eigenvalue weighted by molar-refractivity contribution is 7.89. The van der Waals surface area contributed by atoms with Gasteiger partial charge in [0.2, 0.25) is 20.0 Å². The Kier molecular flexibility index (Phi) is 23.0. The molecule has 0 spiro atoms. The lowest BCUT2D eigenvalue weighted by molar-refractivity contribution is 0.0516. The van der Waals surface area contributed by atoms with Crippen molar-refractivity contribution >= 4 is 78.5 Å². The molecule has 470 valence electrons. The second-order valence-corrected chi connectivity index (χ2v) is 28.1. The van der Waals surface area contributed by atoms with E-state index in [4.69, 9.17) is 74.8 Å². The van der Waals surface area contributed by atoms with Gasteiger partial charge >= 0.3 is 12.1 Å². The minimum Gasteiger partial charge on any atom is -0.484 e. The summed E-state index contributed by atoms with van der Waals surface area (Å²) in [7, 11) is -7.59. The molecule has 0 aromatic heterocycles. The largest absolute Gasteiger partial charge is 0.484 e. The average Bonchev–Trinajstić information content (AvgIpc) is 1.75. The Morgan fingerprint density at radius 1 is 0.477 bits per heavy atom. The molecule has 4 aliphatic carbocycles. The van der Waals surface area contributed by atoms with Crippen LogP contribution in [0.15, 0.2) is 82.6 Å². The number of carbonyl (C=O) groups excluding carboxylic acids is 2. The molecule has 4 amide bonds. The number of piperidine rings is 2. The van der Waals surface area contributed by atoms with Gasteiger partial charge in [-0.25, -0.2) is 35.9 Å². The molecule has 4 fully saturated rings. The first-order valence-corrected chi connectivity index (χ1v) is 34.4. The highest BCUT2D eigenvalue weighted by Crippen LogP contribution is 2.50. The molecule has 0 radical (unpaired) electrons. The smallest absolute Gasteiger partial charge is 0.314 e. The fourth-order valence-corrected chi connectivity index (χ4v) is 16.3. The van der Waals surface area contributed by atoms with Gasteiger partial charge < -0.3 is 49.7 Å². The van der Waals surface area contributed by atoms with Crippen molar-refractivity contribution in [3.05, 3.63) is 115 Å². The number of likely N-dealkylation sites (tertiary alicyclic amines) is 2. The second-order valence-electron chi connectivity index (χ2n) is 22.9. The van der Waals surface area contributed by atoms with Gasteiger partial charge in [0.25, 0.3) is 0 Å². The molecular weight excluding hydrogens is 1230 g/mol. The first kappa shape index (κ1) is 64.7. The van der Waals surface area contributed by atoms with Crippen LogP contribution < -0.4 is 40.2 Å². The Bertz CT molecular complexity index is 2970. The number of halogens is 4. The Morgan fingerprint density at radius 2 is 0.849 bits per heavy atom. The lowest BCUT2D eigenvalue weighted by Gasteiger charge is -2.36. The summed E-state index contributed by atoms with van der Waals surface area (Å²) in [4.78, 5) is 29.7. The Labute approximate surface area is 524 Å². The molecule has 2 aliphatic heterocycles. The Hall–Kier alpha value is -4.24. The zero-order valence-corrected chi connectivity index (χ0v) is 52.7. The molecule has 6 aliphatic rings. The van der Waals surface area contributed by atoms with E-state index in [-0.39, 0.29) is 125 Å². The SMILES string of the molecule is O=C(NCCCCNC(=O)NCCOCCOCCNS(=O)(=O)c1ccc(O[C@H]2c3cc(Cl)cc(Cl)c3C[C@@H]2N2CC3CCC2C3)cc1)NCCOCCOCCNS(=O)(=O)c1ccc(O[C@H]2c3cc(Cl)cc(Cl)c3C[C@@H]2N2CC3CCC2C3)cc1. The summed E-state index contributed by atoms with van der Waals surface area (Å²) in [6.07, 6.45) is 9.67. The molecule has 4 bridgehead atoms. The van der Waals surface area contributed by atoms with Crippen molar-refractivity contribution in [2.45, 2.75) is 110 Å². The number of hydrogen-bond donors (Lipinski definition) is 6. The van der Waals surface area contributed by atoms with Crippen LogP contribution in [0.5, 0.6) is 11.5 Å². The number of urea groups is 2. The summed E-state index contributed by atoms with van der Waals surface area (Å²) in [5, 5.41) is 13.4. The van der Waals surface area contributed by atoms with Gasteiger partial charge in [-0.2, -0.15) is 0 Å². The van der Waals surface area contributed by atoms with E-state index >= 15 is 0 Å². The van der Waals surface area contributed by atoms with Gasteiger partial charge in [-0.15, -0.1) is 0 Å². The first-order valence-electron chi connectivity index (χ1n) is 29.9. The maximum Gasteiger partial charge on any atom is 0.314 e. The van der Waals surface area contributed by atoms with Crippen LogP contribution in [0.2, 0.25) is 20.1 Å². The lowest BCUT2D eigenvalue weighted by Crippen LogP contribution is -2.44. The molecule has 20 nitrogen and oxygen atoms in total. The van der Waals surface area contributed by atoms with E-state index in [1.54, 1.807) is 36.4 Å². The van der Waals surface area contributed by atoms with Gasteiger partial charge in [0.15, 0.2) is 0 Å². The molecule has 86 heavy (non-hydrogen) atoms. The molecule has 4 unspecified atom stereocenters. The lowest BCUT2D eigenvalue weighted by atomic mass is 10.0. The summed E-state index contributed by atoms with van der Waals surface area (Å²) in [5.74, 6) is 2.57. The maximum absolute atomic E-state index is 13.1. The summed E-state index contributed by atoms with van der Waals surface area (Å²) >= 11 is 26.2. The zero-order chi connectivity index (χ0) is 60.2. The molecule has 2 saturated heterocycles. The van der Waals surface area contributed by atoms with Gasteiger partial charge in [0, 0.05) is 95.7 Å². The second kappa shape index (κ2) is 30.5. The zero-order valence-electron chi connectivity index (χ0n) is 48.1. The normalized spacial score (nSPS) is 23.2. The van der Waals surface area contributed by atoms with Crippen LogP contribution in [-0.2, 0) is 51.8 Å². The highest BCUT2D eigenvalue weighted by Gasteiger charge is 2.49. The fraction of sp³-hybridized carbons (Fsp3) is 0.567. The summed E-state index contributed by atoms with van der Waals surface area (Å²) in [5.41, 5.74) is 4.08. The van der Waals surface area contributed by atoms with Crippen molar-refractivity contribution < 1.29 is 54.8 Å². The van der Waals surface area contributed by atoms with E-state index < -0.39 is 20.0 Å². The average molecular weight is 1310 g/mol. The quantitative estimate of drug-likeness (QED) is 0.0248. The Balaban J connectivity index is 0.494. The maximum atomic E-state index is 13.1. The molecule has 2 heterocycles. The van der Waals surface area contributed by atoms with Crippen LogP contribution in [0.3, 0.4) is 0 Å². The third kappa shape index (κ3) is 17.0. The Morgan fingerprint density at radius 3 is 1.21 bits per heavy atom. The molecule has 10 rings (SSSR count). The molecular formula is C60H78Cl4N8O12S2. The van der Waals surface area contributed by atoms with E-state index in [9.17, 15) is 26.4 Å². The van der Waals surface area contributed by atoms with Crippen molar-refractivity contribution in [3.8, 4) is 11.5 Å². The van der Waals surface area contributed by atoms with Crippen LogP contribution in [0.25, 0.3) is 0 Å². The molecule has 8 atom stereocenters. The summed E-state index contributed by atoms with van der Waals surface area (Å²) < 4.78 is 92.8. The molecule has 26 heteroatoms. The van der Waals surface area contributed by atoms with Crippen molar-refractivity contribution in [3.63, 3.8) is 0 Å². The van der Waals surface area contributed by atoms with Crippen LogP contribution in [-0.4, -0.2) is 168 Å². The van der Waals surface area contributed by atoms with E-state index in [0.29, 0.717) is 69.6 Å². The van der Waals surface area contributed by atoms with Crippen LogP contribution in [0.4, 0.5) is 9.59 Å². The number of fused-ring (bicyclic) bond motifs is 6. The van der Waals surface area contributed by atoms with Gasteiger partial charge in [-0.05, 0) is 160 Å². The fourth-order valence-electron chi connectivity index (χ4n) is 13.1. The third-order valence-electron chi connectivity index (χ3n) is 17.1. The monoisotopic (exact) mass is 1310 g/mol. The van der Waals surface area contributed by atoms with Crippen LogP contribution in [0.1, 0.15) is 85.8 Å². The van der Waals surface area contributed by atoms with Crippen LogP contribution >= 0.6 is 46.4 Å². The van der Waals surface area contributed by atoms with Gasteiger partial charge in [-0.1, -0.05) is 46.4 Å². The van der Waals surface area contributed by atoms with Crippen molar-refractivity contribution in [1.29, 1.82) is 0 Å². The predicted octanol–water partition coefficient (Wildman–Crippen LogP) is 8.06. The molecule has 4 aromatic rings. The number of unbranched alkanes of at least 4 members (excludes halogenated alkanes) is 1. The minimum absolute atomic E-state index is 0.0720. The highest BCUT2D eigenvalue weighted by atomic mass is 35.5. The standard InChI is InChI=1S/C60H78Cl4N8O12S2/c61-41-31-51-49(53(63)33-41)35-55(71-37-39-3-5-43(71)29-39)57(51)83-45-7-11-47(12-8-45)85(75,76)69-19-23-81-27-25-79-21-17-67-59(73)65-15-1-2-16-66-60(74)68-18-22-80-26-28-82-24-20-70-86(77,78)48-13-9-46(10-14-48)84-58-52-32-42(62)34-54(64)50(52)36-56(58)72-38-40-4-6-44(72)30-40/h7-14,31-34,39-40,43-44,55-58,69-70H,1-6,15-30,35-38H2,(H2,65,67,73)(H2,66,68,74)/t39?,40?,43?,44?,55-,56-,57-,58-/m0/s1. The number of amides is 4. The third-order valence-corrected chi connectivity index (χ3v) is 21.2. The van der Waals surface area contributed by atoms with Crippen molar-refractivity contribution in [2.24, 2.45) is 11.8 Å². The van der Waals surface area contributed by atoms with E-state index in [1.165, 1.54) is 62.8 Å². The summed E-state index contributed by atoms with van der Waals surface area (Å²) in [6, 6.07) is 21.0. The summed E-state index contributed by atoms with van der Waals surface area (Å²) in [6.45, 7) is 5.50. The first-order chi connectivity index (χ1) is 41.6. The number of nitrogens with zero attached hydrogens (tertiary/aromatic N) is 2. The molecule has 6 N–H and O–H groups in total. The van der Waals surface area contributed by atoms with E-state index in [2.05, 4.69) is 40.5 Å². The number of sulfonamides is 2. The van der Waals surface area contributed by atoms with E-state index in [0.717, 1.165) is 60.0 Å². The van der Waals surface area contributed by atoms with Crippen molar-refractivity contribution in [2.75, 3.05) is 105 Å². The van der Waals surface area contributed by atoms with Gasteiger partial charge in [0.05, 0.1) is 74.7 Å². The number of carbonyl (C=O) groups is 2. The number of hydrogen-bond acceptors (Lipinski definition) is 14. The van der Waals surface area contributed by atoms with Crippen LogP contribution in [0, 0.1) is 11.8 Å².